The topological polar surface area (TPSA) is 81.2 Å². The fourth-order valence-corrected chi connectivity index (χ4v) is 2.58. The van der Waals surface area contributed by atoms with E-state index in [2.05, 4.69) is 4.98 Å². The second-order valence-electron chi connectivity index (χ2n) is 5.56. The number of imidazole rings is 1. The third kappa shape index (κ3) is 3.33. The fourth-order valence-electron chi connectivity index (χ4n) is 2.58. The van der Waals surface area contributed by atoms with Crippen LogP contribution in [0.3, 0.4) is 0 Å². The van der Waals surface area contributed by atoms with E-state index >= 15 is 0 Å². The van der Waals surface area contributed by atoms with E-state index in [0.29, 0.717) is 5.82 Å². The van der Waals surface area contributed by atoms with Crippen LogP contribution in [0.4, 0.5) is 5.82 Å². The Labute approximate surface area is 139 Å². The van der Waals surface area contributed by atoms with E-state index in [0.717, 1.165) is 16.7 Å². The maximum absolute atomic E-state index is 10.8. The molecule has 0 aliphatic heterocycles. The summed E-state index contributed by atoms with van der Waals surface area (Å²) in [6.07, 6.45) is 0.582. The van der Waals surface area contributed by atoms with Gasteiger partial charge in [0.15, 0.2) is 0 Å². The highest BCUT2D eigenvalue weighted by molar-refractivity contribution is 5.63. The number of aromatic nitrogens is 2. The molecule has 0 aliphatic rings. The van der Waals surface area contributed by atoms with E-state index in [1.54, 1.807) is 11.5 Å². The third-order valence-electron chi connectivity index (χ3n) is 3.92. The van der Waals surface area contributed by atoms with Crippen molar-refractivity contribution in [2.75, 3.05) is 0 Å². The molecule has 6 heteroatoms. The average Bonchev–Trinajstić information content (AvgIpc) is 2.97. The first-order valence-corrected chi connectivity index (χ1v) is 7.56. The predicted molar refractivity (Wildman–Crippen MR) is 90.5 cm³/mol. The van der Waals surface area contributed by atoms with Gasteiger partial charge in [-0.25, -0.2) is 0 Å². The molecule has 3 rings (SSSR count). The van der Waals surface area contributed by atoms with Crippen molar-refractivity contribution in [2.45, 2.75) is 19.6 Å². The van der Waals surface area contributed by atoms with Crippen LogP contribution in [-0.4, -0.2) is 19.6 Å². The minimum absolute atomic E-state index is 0.209. The lowest BCUT2D eigenvalue weighted by Gasteiger charge is -2.12. The standard InChI is InChI=1S/C18H17N3O3/c1-13-19-18(21(23)24)12-20(13)11-17(22)16-9-7-15(8-10-16)14-5-3-2-4-6-14/h2-10,12,17,22H,11H2,1H3/t17-/m0/s1. The number of hydrogen-bond donors (Lipinski definition) is 1. The van der Waals surface area contributed by atoms with Gasteiger partial charge in [0.25, 0.3) is 0 Å². The Morgan fingerprint density at radius 1 is 1.12 bits per heavy atom. The van der Waals surface area contributed by atoms with E-state index in [1.807, 2.05) is 54.6 Å². The summed E-state index contributed by atoms with van der Waals surface area (Å²) in [6, 6.07) is 17.6. The molecular formula is C18H17N3O3. The summed E-state index contributed by atoms with van der Waals surface area (Å²) in [5.41, 5.74) is 2.94. The van der Waals surface area contributed by atoms with Crippen LogP contribution in [-0.2, 0) is 6.54 Å². The number of nitrogens with zero attached hydrogens (tertiary/aromatic N) is 3. The van der Waals surface area contributed by atoms with Gasteiger partial charge in [-0.1, -0.05) is 54.6 Å². The van der Waals surface area contributed by atoms with Crippen molar-refractivity contribution in [1.29, 1.82) is 0 Å². The minimum Gasteiger partial charge on any atom is -0.387 e. The van der Waals surface area contributed by atoms with Crippen LogP contribution in [0.2, 0.25) is 0 Å². The Morgan fingerprint density at radius 3 is 2.33 bits per heavy atom. The number of aliphatic hydroxyl groups excluding tert-OH is 1. The van der Waals surface area contributed by atoms with E-state index < -0.39 is 11.0 Å². The molecule has 0 bridgehead atoms. The number of aryl methyl sites for hydroxylation is 1. The second-order valence-corrected chi connectivity index (χ2v) is 5.56. The summed E-state index contributed by atoms with van der Waals surface area (Å²) in [7, 11) is 0. The number of aliphatic hydroxyl groups is 1. The molecule has 0 aliphatic carbocycles. The lowest BCUT2D eigenvalue weighted by molar-refractivity contribution is -0.389. The van der Waals surface area contributed by atoms with Gasteiger partial charge < -0.3 is 19.8 Å². The van der Waals surface area contributed by atoms with Crippen LogP contribution in [0, 0.1) is 17.0 Å². The highest BCUT2D eigenvalue weighted by atomic mass is 16.6. The van der Waals surface area contributed by atoms with Crippen LogP contribution in [0.15, 0.2) is 60.8 Å². The zero-order chi connectivity index (χ0) is 17.1. The molecule has 0 spiro atoms. The zero-order valence-corrected chi connectivity index (χ0v) is 13.2. The summed E-state index contributed by atoms with van der Waals surface area (Å²) in [5.74, 6) is 0.292. The maximum Gasteiger partial charge on any atom is 0.381 e. The Morgan fingerprint density at radius 2 is 1.75 bits per heavy atom. The normalized spacial score (nSPS) is 12.1. The zero-order valence-electron chi connectivity index (χ0n) is 13.2. The molecule has 1 aromatic heterocycles. The van der Waals surface area contributed by atoms with Crippen molar-refractivity contribution in [3.05, 3.63) is 82.3 Å². The van der Waals surface area contributed by atoms with Gasteiger partial charge in [0, 0.05) is 6.92 Å². The molecule has 3 aromatic rings. The monoisotopic (exact) mass is 323 g/mol. The predicted octanol–water partition coefficient (Wildman–Crippen LogP) is 3.50. The van der Waals surface area contributed by atoms with Gasteiger partial charge in [-0.05, 0) is 26.6 Å². The van der Waals surface area contributed by atoms with Gasteiger partial charge in [-0.2, -0.15) is 0 Å². The largest absolute Gasteiger partial charge is 0.387 e. The van der Waals surface area contributed by atoms with Crippen molar-refractivity contribution < 1.29 is 10.0 Å². The van der Waals surface area contributed by atoms with E-state index in [9.17, 15) is 15.2 Å². The summed E-state index contributed by atoms with van der Waals surface area (Å²) in [4.78, 5) is 14.1. The molecule has 0 saturated carbocycles. The molecule has 0 fully saturated rings. The SMILES string of the molecule is Cc1nc([N+](=O)[O-])cn1C[C@H](O)c1ccc(-c2ccccc2)cc1. The molecule has 1 atom stereocenters. The molecule has 0 unspecified atom stereocenters. The molecule has 1 N–H and O–H groups in total. The van der Waals surface area contributed by atoms with Crippen molar-refractivity contribution in [3.8, 4) is 11.1 Å². The maximum atomic E-state index is 10.8. The molecule has 0 saturated heterocycles. The quantitative estimate of drug-likeness (QED) is 0.575. The van der Waals surface area contributed by atoms with Crippen LogP contribution >= 0.6 is 0 Å². The van der Waals surface area contributed by atoms with Gasteiger partial charge in [0.2, 0.25) is 5.82 Å². The molecule has 2 aromatic carbocycles. The highest BCUT2D eigenvalue weighted by Gasteiger charge is 2.18. The Bertz CT molecular complexity index is 842. The molecule has 6 nitrogen and oxygen atoms in total. The third-order valence-corrected chi connectivity index (χ3v) is 3.92. The number of benzene rings is 2. The molecule has 122 valence electrons. The number of hydrogen-bond acceptors (Lipinski definition) is 4. The minimum atomic E-state index is -0.762. The van der Waals surface area contributed by atoms with Gasteiger partial charge in [-0.3, -0.25) is 0 Å². The molecule has 0 amide bonds. The molecule has 24 heavy (non-hydrogen) atoms. The van der Waals surface area contributed by atoms with Crippen molar-refractivity contribution in [2.24, 2.45) is 0 Å². The Hall–Kier alpha value is -2.99. The smallest absolute Gasteiger partial charge is 0.381 e. The molecular weight excluding hydrogens is 306 g/mol. The van der Waals surface area contributed by atoms with Crippen molar-refractivity contribution >= 4 is 5.82 Å². The van der Waals surface area contributed by atoms with Gasteiger partial charge in [-0.15, -0.1) is 0 Å². The Balaban J connectivity index is 1.76. The lowest BCUT2D eigenvalue weighted by Crippen LogP contribution is -2.09. The van der Waals surface area contributed by atoms with Gasteiger partial charge in [0.05, 0.1) is 12.6 Å². The van der Waals surface area contributed by atoms with Crippen molar-refractivity contribution in [1.82, 2.24) is 9.55 Å². The average molecular weight is 323 g/mol. The first-order valence-electron chi connectivity index (χ1n) is 7.56. The van der Waals surface area contributed by atoms with Crippen LogP contribution in [0.5, 0.6) is 0 Å². The van der Waals surface area contributed by atoms with Crippen LogP contribution < -0.4 is 0 Å². The summed E-state index contributed by atoms with van der Waals surface area (Å²) in [6.45, 7) is 1.90. The summed E-state index contributed by atoms with van der Waals surface area (Å²) < 4.78 is 1.59. The van der Waals surface area contributed by atoms with E-state index in [1.165, 1.54) is 6.20 Å². The van der Waals surface area contributed by atoms with Gasteiger partial charge in [0.1, 0.15) is 6.20 Å². The molecule has 1 heterocycles. The summed E-state index contributed by atoms with van der Waals surface area (Å²) >= 11 is 0. The van der Waals surface area contributed by atoms with Crippen molar-refractivity contribution in [3.63, 3.8) is 0 Å². The first kappa shape index (κ1) is 15.9. The number of nitro groups is 1. The van der Waals surface area contributed by atoms with Crippen LogP contribution in [0.25, 0.3) is 11.1 Å². The van der Waals surface area contributed by atoms with E-state index in [4.69, 9.17) is 0 Å². The van der Waals surface area contributed by atoms with E-state index in [-0.39, 0.29) is 12.4 Å². The Kier molecular flexibility index (Phi) is 4.39. The van der Waals surface area contributed by atoms with Crippen LogP contribution in [0.1, 0.15) is 17.5 Å². The first-order chi connectivity index (χ1) is 11.5. The second kappa shape index (κ2) is 6.64. The fraction of sp³-hybridized carbons (Fsp3) is 0.167. The number of rotatable bonds is 5. The molecule has 0 radical (unpaired) electrons. The summed E-state index contributed by atoms with van der Waals surface area (Å²) in [5, 5.41) is 21.2. The lowest BCUT2D eigenvalue weighted by atomic mass is 10.0. The highest BCUT2D eigenvalue weighted by Crippen LogP contribution is 2.23. The van der Waals surface area contributed by atoms with Gasteiger partial charge >= 0.3 is 5.82 Å².